The number of likely N-dealkylation sites (tertiary alicyclic amines) is 2. The van der Waals surface area contributed by atoms with Crippen LogP contribution < -0.4 is 9.64 Å². The Bertz CT molecular complexity index is 956. The van der Waals surface area contributed by atoms with Crippen LogP contribution >= 0.6 is 0 Å². The molecule has 0 radical (unpaired) electrons. The van der Waals surface area contributed by atoms with Gasteiger partial charge in [0.2, 0.25) is 0 Å². The molecule has 2 aromatic rings. The molecule has 2 aromatic carbocycles. The first-order chi connectivity index (χ1) is 17.1. The number of anilines is 1. The zero-order valence-corrected chi connectivity index (χ0v) is 20.6. The number of hydrogen-bond acceptors (Lipinski definition) is 6. The van der Waals surface area contributed by atoms with Gasteiger partial charge in [0.1, 0.15) is 5.75 Å². The van der Waals surface area contributed by atoms with Crippen molar-refractivity contribution in [3.8, 4) is 5.75 Å². The van der Waals surface area contributed by atoms with Crippen LogP contribution in [0.2, 0.25) is 0 Å². The molecule has 0 aliphatic carbocycles. The van der Waals surface area contributed by atoms with Gasteiger partial charge in [-0.25, -0.2) is 0 Å². The maximum Gasteiger partial charge on any atom is 0.260 e. The maximum atomic E-state index is 12.2. The molecule has 7 heteroatoms. The third kappa shape index (κ3) is 6.34. The van der Waals surface area contributed by atoms with E-state index in [0.717, 1.165) is 83.9 Å². The number of benzene rings is 2. The van der Waals surface area contributed by atoms with Crippen molar-refractivity contribution in [2.24, 2.45) is 0 Å². The quantitative estimate of drug-likeness (QED) is 0.629. The van der Waals surface area contributed by atoms with Gasteiger partial charge in [-0.3, -0.25) is 14.6 Å². The molecule has 1 atom stereocenters. The number of amides is 1. The van der Waals surface area contributed by atoms with Gasteiger partial charge in [0, 0.05) is 71.1 Å². The Morgan fingerprint density at radius 3 is 2.29 bits per heavy atom. The first-order valence-electron chi connectivity index (χ1n) is 13.0. The summed E-state index contributed by atoms with van der Waals surface area (Å²) in [5, 5.41) is 11.3. The second-order valence-corrected chi connectivity index (χ2v) is 10.3. The molecule has 1 amide bonds. The lowest BCUT2D eigenvalue weighted by molar-refractivity contribution is -0.132. The molecule has 3 aliphatic rings. The third-order valence-electron chi connectivity index (χ3n) is 7.57. The number of piperazine rings is 1. The summed E-state index contributed by atoms with van der Waals surface area (Å²) in [6.07, 6.45) is 3.00. The summed E-state index contributed by atoms with van der Waals surface area (Å²) in [6, 6.07) is 18.6. The number of nitrogens with zero attached hydrogens (tertiary/aromatic N) is 4. The first kappa shape index (κ1) is 24.1. The molecular formula is C28H38N4O3. The Balaban J connectivity index is 1.05. The zero-order valence-electron chi connectivity index (χ0n) is 20.6. The number of rotatable bonds is 8. The number of β-amino-alcohol motifs (C(OH)–C–C–N with tert-alkyl or cyclic N) is 1. The monoisotopic (exact) mass is 478 g/mol. The predicted octanol–water partition coefficient (Wildman–Crippen LogP) is 2.45. The Morgan fingerprint density at radius 2 is 1.57 bits per heavy atom. The van der Waals surface area contributed by atoms with Crippen LogP contribution in [0.15, 0.2) is 54.6 Å². The van der Waals surface area contributed by atoms with Crippen LogP contribution in [0.1, 0.15) is 24.8 Å². The summed E-state index contributed by atoms with van der Waals surface area (Å²) < 4.78 is 5.70. The minimum absolute atomic E-state index is 0.0735. The van der Waals surface area contributed by atoms with Crippen molar-refractivity contribution < 1.29 is 14.6 Å². The van der Waals surface area contributed by atoms with Crippen LogP contribution in [0.3, 0.4) is 0 Å². The molecule has 35 heavy (non-hydrogen) atoms. The normalized spacial score (nSPS) is 23.7. The molecule has 0 saturated carbocycles. The average molecular weight is 479 g/mol. The van der Waals surface area contributed by atoms with Gasteiger partial charge in [-0.15, -0.1) is 0 Å². The zero-order chi connectivity index (χ0) is 24.1. The summed E-state index contributed by atoms with van der Waals surface area (Å²) in [5.41, 5.74) is 1.84. The van der Waals surface area contributed by atoms with E-state index in [1.165, 1.54) is 11.3 Å². The van der Waals surface area contributed by atoms with Crippen LogP contribution in [-0.4, -0.2) is 96.8 Å². The van der Waals surface area contributed by atoms with Gasteiger partial charge in [-0.2, -0.15) is 0 Å². The van der Waals surface area contributed by atoms with Crippen molar-refractivity contribution in [1.29, 1.82) is 0 Å². The summed E-state index contributed by atoms with van der Waals surface area (Å²) >= 11 is 0. The van der Waals surface area contributed by atoms with E-state index >= 15 is 0 Å². The Kier molecular flexibility index (Phi) is 7.56. The van der Waals surface area contributed by atoms with Gasteiger partial charge in [0.25, 0.3) is 5.91 Å². The highest BCUT2D eigenvalue weighted by molar-refractivity contribution is 5.78. The van der Waals surface area contributed by atoms with E-state index in [1.807, 2.05) is 17.0 Å². The molecule has 3 fully saturated rings. The highest BCUT2D eigenvalue weighted by Crippen LogP contribution is 2.26. The summed E-state index contributed by atoms with van der Waals surface area (Å²) in [4.78, 5) is 21.2. The molecule has 3 aliphatic heterocycles. The first-order valence-corrected chi connectivity index (χ1v) is 13.0. The van der Waals surface area contributed by atoms with Crippen LogP contribution in [0.25, 0.3) is 0 Å². The lowest BCUT2D eigenvalue weighted by atomic mass is 10.0. The van der Waals surface area contributed by atoms with Crippen LogP contribution in [0.5, 0.6) is 5.75 Å². The highest BCUT2D eigenvalue weighted by atomic mass is 16.5. The lowest BCUT2D eigenvalue weighted by Crippen LogP contribution is -2.52. The predicted molar refractivity (Wildman–Crippen MR) is 138 cm³/mol. The topological polar surface area (TPSA) is 59.5 Å². The van der Waals surface area contributed by atoms with Crippen molar-refractivity contribution in [1.82, 2.24) is 14.7 Å². The fraction of sp³-hybridized carbons (Fsp3) is 0.536. The number of carbonyl (C=O) groups excluding carboxylic acids is 1. The van der Waals surface area contributed by atoms with Crippen molar-refractivity contribution >= 4 is 11.6 Å². The fourth-order valence-electron chi connectivity index (χ4n) is 5.58. The number of hydrogen-bond donors (Lipinski definition) is 1. The molecule has 0 aromatic heterocycles. The molecule has 188 valence electrons. The highest BCUT2D eigenvalue weighted by Gasteiger charge is 2.38. The van der Waals surface area contributed by atoms with Crippen LogP contribution in [-0.2, 0) is 11.3 Å². The minimum atomic E-state index is -0.645. The van der Waals surface area contributed by atoms with E-state index in [0.29, 0.717) is 6.54 Å². The van der Waals surface area contributed by atoms with Crippen molar-refractivity contribution in [2.75, 3.05) is 70.4 Å². The molecule has 1 N–H and O–H groups in total. The van der Waals surface area contributed by atoms with Gasteiger partial charge in [0.15, 0.2) is 6.61 Å². The third-order valence-corrected chi connectivity index (χ3v) is 7.57. The summed E-state index contributed by atoms with van der Waals surface area (Å²) in [7, 11) is 0. The average Bonchev–Trinajstić information content (AvgIpc) is 3.55. The smallest absolute Gasteiger partial charge is 0.260 e. The Hall–Kier alpha value is -2.61. The van der Waals surface area contributed by atoms with E-state index in [-0.39, 0.29) is 12.5 Å². The maximum absolute atomic E-state index is 12.2. The van der Waals surface area contributed by atoms with Gasteiger partial charge < -0.3 is 19.6 Å². The SMILES string of the molecule is O=C(COc1ccc(CN2CC[C@](O)(CN3CCN(c4ccccc4)CC3)C2)cc1)N1CCCC1. The van der Waals surface area contributed by atoms with Gasteiger partial charge >= 0.3 is 0 Å². The van der Waals surface area contributed by atoms with Gasteiger partial charge in [-0.05, 0) is 49.1 Å². The van der Waals surface area contributed by atoms with E-state index in [1.54, 1.807) is 0 Å². The van der Waals surface area contributed by atoms with Crippen molar-refractivity contribution in [3.63, 3.8) is 0 Å². The van der Waals surface area contributed by atoms with Crippen molar-refractivity contribution in [3.05, 3.63) is 60.2 Å². The van der Waals surface area contributed by atoms with E-state index in [4.69, 9.17) is 4.74 Å². The largest absolute Gasteiger partial charge is 0.484 e. The lowest BCUT2D eigenvalue weighted by Gasteiger charge is -2.39. The van der Waals surface area contributed by atoms with Gasteiger partial charge in [0.05, 0.1) is 5.60 Å². The molecular weight excluding hydrogens is 440 g/mol. The number of carbonyl (C=O) groups is 1. The molecule has 0 unspecified atom stereocenters. The van der Waals surface area contributed by atoms with Crippen molar-refractivity contribution in [2.45, 2.75) is 31.4 Å². The second kappa shape index (κ2) is 11.0. The summed E-state index contributed by atoms with van der Waals surface area (Å²) in [5.74, 6) is 0.804. The number of ether oxygens (including phenoxy) is 1. The van der Waals surface area contributed by atoms with E-state index in [2.05, 4.69) is 57.2 Å². The molecule has 7 nitrogen and oxygen atoms in total. The number of para-hydroxylation sites is 1. The molecule has 0 spiro atoms. The van der Waals surface area contributed by atoms with Crippen LogP contribution in [0, 0.1) is 0 Å². The van der Waals surface area contributed by atoms with E-state index < -0.39 is 5.60 Å². The van der Waals surface area contributed by atoms with Gasteiger partial charge in [-0.1, -0.05) is 30.3 Å². The summed E-state index contributed by atoms with van der Waals surface area (Å²) in [6.45, 7) is 8.96. The number of aliphatic hydroxyl groups is 1. The molecule has 5 rings (SSSR count). The Labute approximate surface area is 208 Å². The van der Waals surface area contributed by atoms with Crippen LogP contribution in [0.4, 0.5) is 5.69 Å². The van der Waals surface area contributed by atoms with E-state index in [9.17, 15) is 9.90 Å². The Morgan fingerprint density at radius 1 is 0.857 bits per heavy atom. The molecule has 3 saturated heterocycles. The molecule has 0 bridgehead atoms. The minimum Gasteiger partial charge on any atom is -0.484 e. The molecule has 3 heterocycles. The second-order valence-electron chi connectivity index (χ2n) is 10.3. The standard InChI is InChI=1S/C28H38N4O3/c33-27(32-13-4-5-14-32)21-35-26-10-8-24(9-11-26)20-30-15-12-28(34,23-30)22-29-16-18-31(19-17-29)25-6-2-1-3-7-25/h1-3,6-11,34H,4-5,12-23H2/t28-/m0/s1. The fourth-order valence-corrected chi connectivity index (χ4v) is 5.58.